The Morgan fingerprint density at radius 1 is 1.14 bits per heavy atom. The van der Waals surface area contributed by atoms with Gasteiger partial charge in [-0.1, -0.05) is 48.0 Å². The zero-order valence-corrected chi connectivity index (χ0v) is 13.1. The molecule has 2 atom stereocenters. The van der Waals surface area contributed by atoms with Crippen molar-refractivity contribution in [3.05, 3.63) is 65.2 Å². The van der Waals surface area contributed by atoms with Gasteiger partial charge >= 0.3 is 0 Å². The van der Waals surface area contributed by atoms with Crippen molar-refractivity contribution in [3.8, 4) is 0 Å². The zero-order chi connectivity index (χ0) is 15.2. The Kier molecular flexibility index (Phi) is 5.62. The first-order valence-corrected chi connectivity index (χ1v) is 7.37. The highest BCUT2D eigenvalue weighted by Crippen LogP contribution is 2.29. The van der Waals surface area contributed by atoms with Crippen molar-refractivity contribution >= 4 is 17.3 Å². The summed E-state index contributed by atoms with van der Waals surface area (Å²) in [6.07, 6.45) is -0.526. The van der Waals surface area contributed by atoms with Crippen molar-refractivity contribution in [2.45, 2.75) is 12.1 Å². The predicted octanol–water partition coefficient (Wildman–Crippen LogP) is 3.10. The van der Waals surface area contributed by atoms with E-state index in [9.17, 15) is 5.11 Å². The lowest BCUT2D eigenvalue weighted by Crippen LogP contribution is -2.39. The Labute approximate surface area is 131 Å². The lowest BCUT2D eigenvalue weighted by molar-refractivity contribution is 0.142. The molecule has 4 heteroatoms. The summed E-state index contributed by atoms with van der Waals surface area (Å²) in [5.74, 6) is 0. The number of rotatable bonds is 6. The second-order valence-corrected chi connectivity index (χ2v) is 5.51. The lowest BCUT2D eigenvalue weighted by atomic mass is 9.99. The summed E-state index contributed by atoms with van der Waals surface area (Å²) in [6.45, 7) is 0.518. The monoisotopic (exact) mass is 304 g/mol. The van der Waals surface area contributed by atoms with Gasteiger partial charge in [0.1, 0.15) is 0 Å². The fourth-order valence-corrected chi connectivity index (χ4v) is 2.72. The van der Waals surface area contributed by atoms with E-state index in [0.717, 1.165) is 11.3 Å². The van der Waals surface area contributed by atoms with E-state index in [1.54, 1.807) is 0 Å². The molecule has 0 aliphatic carbocycles. The van der Waals surface area contributed by atoms with Crippen LogP contribution in [0.4, 0.5) is 5.69 Å². The number of nitrogens with zero attached hydrogens (tertiary/aromatic N) is 1. The van der Waals surface area contributed by atoms with Crippen molar-refractivity contribution in [3.63, 3.8) is 0 Å². The summed E-state index contributed by atoms with van der Waals surface area (Å²) in [7, 11) is 3.81. The number of nitrogens with one attached hydrogen (secondary N) is 1. The quantitative estimate of drug-likeness (QED) is 0.861. The van der Waals surface area contributed by atoms with E-state index in [0.29, 0.717) is 11.6 Å². The number of anilines is 1. The van der Waals surface area contributed by atoms with Gasteiger partial charge in [-0.3, -0.25) is 0 Å². The highest BCUT2D eigenvalue weighted by molar-refractivity contribution is 6.30. The number of halogens is 1. The second kappa shape index (κ2) is 7.46. The van der Waals surface area contributed by atoms with Crippen LogP contribution in [0.3, 0.4) is 0 Å². The minimum atomic E-state index is -0.526. The molecule has 0 amide bonds. The molecule has 0 bridgehead atoms. The smallest absolute Gasteiger partial charge is 0.0909 e. The van der Waals surface area contributed by atoms with Gasteiger partial charge in [0.25, 0.3) is 0 Å². The van der Waals surface area contributed by atoms with Crippen LogP contribution in [-0.2, 0) is 0 Å². The third-order valence-electron chi connectivity index (χ3n) is 3.55. The predicted molar refractivity (Wildman–Crippen MR) is 89.0 cm³/mol. The van der Waals surface area contributed by atoms with Crippen LogP contribution in [0, 0.1) is 0 Å². The molecule has 21 heavy (non-hydrogen) atoms. The standard InChI is InChI=1S/C17H21ClN2O/c1-19-12-16(21)17(13-7-4-3-5-8-13)20(2)15-10-6-9-14(18)11-15/h3-11,16-17,19,21H,12H2,1-2H3. The molecule has 0 saturated carbocycles. The fourth-order valence-electron chi connectivity index (χ4n) is 2.53. The number of aliphatic hydroxyl groups is 1. The molecular formula is C17H21ClN2O. The van der Waals surface area contributed by atoms with E-state index in [-0.39, 0.29) is 6.04 Å². The fraction of sp³-hybridized carbons (Fsp3) is 0.294. The maximum absolute atomic E-state index is 10.5. The van der Waals surface area contributed by atoms with Crippen molar-refractivity contribution in [1.29, 1.82) is 0 Å². The normalized spacial score (nSPS) is 13.7. The van der Waals surface area contributed by atoms with Gasteiger partial charge < -0.3 is 15.3 Å². The Bertz CT molecular complexity index is 562. The first-order chi connectivity index (χ1) is 10.1. The van der Waals surface area contributed by atoms with Crippen LogP contribution in [0.2, 0.25) is 5.02 Å². The van der Waals surface area contributed by atoms with Gasteiger partial charge in [0, 0.05) is 24.3 Å². The molecular weight excluding hydrogens is 284 g/mol. The van der Waals surface area contributed by atoms with E-state index in [2.05, 4.69) is 10.2 Å². The maximum atomic E-state index is 10.5. The molecule has 3 nitrogen and oxygen atoms in total. The average molecular weight is 305 g/mol. The molecule has 2 unspecified atom stereocenters. The molecule has 112 valence electrons. The van der Waals surface area contributed by atoms with Crippen molar-refractivity contribution < 1.29 is 5.11 Å². The van der Waals surface area contributed by atoms with E-state index in [1.807, 2.05) is 68.7 Å². The highest BCUT2D eigenvalue weighted by Gasteiger charge is 2.25. The van der Waals surface area contributed by atoms with Gasteiger partial charge in [-0.2, -0.15) is 0 Å². The molecule has 0 heterocycles. The Hall–Kier alpha value is -1.55. The van der Waals surface area contributed by atoms with Crippen molar-refractivity contribution in [2.75, 3.05) is 25.5 Å². The molecule has 2 aromatic carbocycles. The summed E-state index contributed by atoms with van der Waals surface area (Å²) in [6, 6.07) is 17.5. The molecule has 2 aromatic rings. The van der Waals surface area contributed by atoms with Gasteiger partial charge in [-0.05, 0) is 30.8 Å². The second-order valence-electron chi connectivity index (χ2n) is 5.07. The minimum absolute atomic E-state index is 0.142. The summed E-state index contributed by atoms with van der Waals surface area (Å²) in [4.78, 5) is 2.06. The number of benzene rings is 2. The largest absolute Gasteiger partial charge is 0.389 e. The highest BCUT2D eigenvalue weighted by atomic mass is 35.5. The topological polar surface area (TPSA) is 35.5 Å². The van der Waals surface area contributed by atoms with Crippen LogP contribution in [0.15, 0.2) is 54.6 Å². The van der Waals surface area contributed by atoms with Crippen molar-refractivity contribution in [1.82, 2.24) is 5.32 Å². The molecule has 2 N–H and O–H groups in total. The third kappa shape index (κ3) is 3.97. The van der Waals surface area contributed by atoms with Gasteiger partial charge in [0.15, 0.2) is 0 Å². The number of hydrogen-bond acceptors (Lipinski definition) is 3. The third-order valence-corrected chi connectivity index (χ3v) is 3.79. The zero-order valence-electron chi connectivity index (χ0n) is 12.3. The summed E-state index contributed by atoms with van der Waals surface area (Å²) in [5, 5.41) is 14.2. The summed E-state index contributed by atoms with van der Waals surface area (Å²) >= 11 is 6.08. The molecule has 0 saturated heterocycles. The summed E-state index contributed by atoms with van der Waals surface area (Å²) in [5.41, 5.74) is 2.05. The first kappa shape index (κ1) is 15.8. The van der Waals surface area contributed by atoms with Crippen molar-refractivity contribution in [2.24, 2.45) is 0 Å². The van der Waals surface area contributed by atoms with Crippen LogP contribution in [-0.4, -0.2) is 31.9 Å². The van der Waals surface area contributed by atoms with Gasteiger partial charge in [-0.25, -0.2) is 0 Å². The van der Waals surface area contributed by atoms with Gasteiger partial charge in [0.2, 0.25) is 0 Å². The van der Waals surface area contributed by atoms with Crippen LogP contribution < -0.4 is 10.2 Å². The molecule has 2 rings (SSSR count). The molecule has 0 spiro atoms. The maximum Gasteiger partial charge on any atom is 0.0909 e. The molecule has 0 aliphatic heterocycles. The lowest BCUT2D eigenvalue weighted by Gasteiger charge is -2.34. The van der Waals surface area contributed by atoms with Crippen LogP contribution in [0.25, 0.3) is 0 Å². The molecule has 0 aromatic heterocycles. The summed E-state index contributed by atoms with van der Waals surface area (Å²) < 4.78 is 0. The van der Waals surface area contributed by atoms with E-state index in [1.165, 1.54) is 0 Å². The molecule has 0 fully saturated rings. The minimum Gasteiger partial charge on any atom is -0.389 e. The van der Waals surface area contributed by atoms with Crippen LogP contribution in [0.1, 0.15) is 11.6 Å². The Morgan fingerprint density at radius 3 is 2.48 bits per heavy atom. The average Bonchev–Trinajstić information content (AvgIpc) is 2.49. The number of aliphatic hydroxyl groups excluding tert-OH is 1. The Balaban J connectivity index is 2.35. The van der Waals surface area contributed by atoms with Gasteiger partial charge in [-0.15, -0.1) is 0 Å². The van der Waals surface area contributed by atoms with Crippen LogP contribution in [0.5, 0.6) is 0 Å². The molecule has 0 aliphatic rings. The van der Waals surface area contributed by atoms with E-state index in [4.69, 9.17) is 11.6 Å². The SMILES string of the molecule is CNCC(O)C(c1ccccc1)N(C)c1cccc(Cl)c1. The Morgan fingerprint density at radius 2 is 1.86 bits per heavy atom. The number of hydrogen-bond donors (Lipinski definition) is 2. The number of likely N-dealkylation sites (N-methyl/N-ethyl adjacent to an activating group) is 2. The van der Waals surface area contributed by atoms with Gasteiger partial charge in [0.05, 0.1) is 12.1 Å². The molecule has 0 radical (unpaired) electrons. The van der Waals surface area contributed by atoms with E-state index < -0.39 is 6.10 Å². The van der Waals surface area contributed by atoms with Crippen LogP contribution >= 0.6 is 11.6 Å². The first-order valence-electron chi connectivity index (χ1n) is 6.99. The van der Waals surface area contributed by atoms with E-state index >= 15 is 0 Å².